The van der Waals surface area contributed by atoms with Crippen LogP contribution in [0.2, 0.25) is 0 Å². The third-order valence-electron chi connectivity index (χ3n) is 4.06. The fraction of sp³-hybridized carbons (Fsp3) is 0.375. The van der Waals surface area contributed by atoms with Crippen LogP contribution in [0.1, 0.15) is 6.42 Å². The van der Waals surface area contributed by atoms with Gasteiger partial charge in [-0.2, -0.15) is 0 Å². The summed E-state index contributed by atoms with van der Waals surface area (Å²) in [5.41, 5.74) is -0.818. The number of hydrogen-bond acceptors (Lipinski definition) is 2. The van der Waals surface area contributed by atoms with Crippen molar-refractivity contribution in [3.05, 3.63) is 50.6 Å². The van der Waals surface area contributed by atoms with Gasteiger partial charge in [-0.3, -0.25) is 14.7 Å². The molecule has 22 heavy (non-hydrogen) atoms. The van der Waals surface area contributed by atoms with Gasteiger partial charge in [0.05, 0.1) is 0 Å². The normalized spacial score (nSPS) is 26.7. The zero-order valence-corrected chi connectivity index (χ0v) is 12.7. The molecule has 0 spiro atoms. The first-order chi connectivity index (χ1) is 10.6. The molecule has 2 rings (SSSR count). The minimum Gasteiger partial charge on any atom is -0.313 e. The number of nitrogens with one attached hydrogen (secondary N) is 1. The molecule has 6 heteroatoms. The SMILES string of the molecule is C=CCN1C(=O)N(CC=C)C2(CC=C)C1NC(=O)N2CC=C. The van der Waals surface area contributed by atoms with Gasteiger partial charge in [0.2, 0.25) is 0 Å². The molecule has 0 aromatic rings. The Balaban J connectivity index is 2.56. The van der Waals surface area contributed by atoms with Crippen LogP contribution in [-0.4, -0.2) is 58.2 Å². The van der Waals surface area contributed by atoms with Gasteiger partial charge in [0.15, 0.2) is 11.8 Å². The number of nitrogens with zero attached hydrogens (tertiary/aromatic N) is 3. The van der Waals surface area contributed by atoms with E-state index in [0.29, 0.717) is 26.1 Å². The number of urea groups is 2. The Bertz CT molecular complexity index is 530. The fourth-order valence-electron chi connectivity index (χ4n) is 3.29. The molecule has 2 saturated heterocycles. The summed E-state index contributed by atoms with van der Waals surface area (Å²) in [5, 5.41) is 2.90. The Kier molecular flexibility index (Phi) is 4.40. The van der Waals surface area contributed by atoms with E-state index in [9.17, 15) is 9.59 Å². The second-order valence-electron chi connectivity index (χ2n) is 5.25. The predicted molar refractivity (Wildman–Crippen MR) is 86.0 cm³/mol. The Morgan fingerprint density at radius 2 is 1.55 bits per heavy atom. The van der Waals surface area contributed by atoms with E-state index < -0.39 is 11.8 Å². The summed E-state index contributed by atoms with van der Waals surface area (Å²) in [7, 11) is 0. The summed E-state index contributed by atoms with van der Waals surface area (Å²) in [6, 6.07) is -0.372. The van der Waals surface area contributed by atoms with E-state index in [4.69, 9.17) is 0 Å². The van der Waals surface area contributed by atoms with Crippen LogP contribution < -0.4 is 5.32 Å². The van der Waals surface area contributed by atoms with Crippen molar-refractivity contribution in [2.45, 2.75) is 18.2 Å². The first kappa shape index (κ1) is 15.9. The van der Waals surface area contributed by atoms with Crippen molar-refractivity contribution in [2.24, 2.45) is 0 Å². The molecule has 2 heterocycles. The number of rotatable bonds is 8. The van der Waals surface area contributed by atoms with E-state index in [1.165, 1.54) is 0 Å². The van der Waals surface area contributed by atoms with Crippen LogP contribution in [-0.2, 0) is 0 Å². The predicted octanol–water partition coefficient (Wildman–Crippen LogP) is 1.91. The van der Waals surface area contributed by atoms with Crippen LogP contribution in [0.5, 0.6) is 0 Å². The molecule has 0 saturated carbocycles. The molecule has 6 nitrogen and oxygen atoms in total. The molecule has 0 aromatic heterocycles. The van der Waals surface area contributed by atoms with Gasteiger partial charge in [-0.1, -0.05) is 24.3 Å². The van der Waals surface area contributed by atoms with Gasteiger partial charge in [0, 0.05) is 26.1 Å². The molecule has 2 fully saturated rings. The molecular weight excluding hydrogens is 280 g/mol. The Morgan fingerprint density at radius 1 is 0.955 bits per heavy atom. The maximum absolute atomic E-state index is 12.8. The van der Waals surface area contributed by atoms with Crippen molar-refractivity contribution in [3.63, 3.8) is 0 Å². The molecule has 4 amide bonds. The highest BCUT2D eigenvalue weighted by atomic mass is 16.2. The van der Waals surface area contributed by atoms with E-state index in [2.05, 4.69) is 31.6 Å². The smallest absolute Gasteiger partial charge is 0.313 e. The topological polar surface area (TPSA) is 55.9 Å². The third-order valence-corrected chi connectivity index (χ3v) is 4.06. The Labute approximate surface area is 131 Å². The Hall–Kier alpha value is -2.50. The van der Waals surface area contributed by atoms with Crippen molar-refractivity contribution < 1.29 is 9.59 Å². The van der Waals surface area contributed by atoms with Gasteiger partial charge >= 0.3 is 12.1 Å². The summed E-state index contributed by atoms with van der Waals surface area (Å²) < 4.78 is 0. The van der Waals surface area contributed by atoms with Crippen LogP contribution in [0.3, 0.4) is 0 Å². The van der Waals surface area contributed by atoms with E-state index in [1.807, 2.05) is 0 Å². The highest BCUT2D eigenvalue weighted by Gasteiger charge is 2.64. The van der Waals surface area contributed by atoms with E-state index >= 15 is 0 Å². The van der Waals surface area contributed by atoms with Crippen LogP contribution >= 0.6 is 0 Å². The first-order valence-electron chi connectivity index (χ1n) is 7.18. The number of carbonyl (C=O) groups excluding carboxylic acids is 2. The maximum Gasteiger partial charge on any atom is 0.324 e. The first-order valence-corrected chi connectivity index (χ1v) is 7.18. The van der Waals surface area contributed by atoms with E-state index in [-0.39, 0.29) is 12.1 Å². The van der Waals surface area contributed by atoms with Crippen molar-refractivity contribution in [1.29, 1.82) is 0 Å². The molecule has 2 aliphatic heterocycles. The van der Waals surface area contributed by atoms with Gasteiger partial charge in [-0.25, -0.2) is 9.59 Å². The number of fused-ring (bicyclic) bond motifs is 1. The molecule has 1 N–H and O–H groups in total. The van der Waals surface area contributed by atoms with Gasteiger partial charge in [-0.15, -0.1) is 26.3 Å². The zero-order chi connectivity index (χ0) is 16.3. The van der Waals surface area contributed by atoms with Gasteiger partial charge in [0.25, 0.3) is 0 Å². The van der Waals surface area contributed by atoms with Crippen molar-refractivity contribution in [1.82, 2.24) is 20.0 Å². The van der Waals surface area contributed by atoms with E-state index in [0.717, 1.165) is 0 Å². The summed E-state index contributed by atoms with van der Waals surface area (Å²) in [5.74, 6) is 0. The highest BCUT2D eigenvalue weighted by Crippen LogP contribution is 2.41. The van der Waals surface area contributed by atoms with Crippen molar-refractivity contribution >= 4 is 12.1 Å². The van der Waals surface area contributed by atoms with Crippen LogP contribution in [0.25, 0.3) is 0 Å². The number of carbonyl (C=O) groups is 2. The summed E-state index contributed by atoms with van der Waals surface area (Å²) in [4.78, 5) is 30.0. The number of amides is 4. The summed E-state index contributed by atoms with van der Waals surface area (Å²) >= 11 is 0. The second-order valence-corrected chi connectivity index (χ2v) is 5.25. The lowest BCUT2D eigenvalue weighted by molar-refractivity contribution is 0.0400. The summed E-state index contributed by atoms with van der Waals surface area (Å²) in [6.45, 7) is 16.0. The molecule has 0 bridgehead atoms. The van der Waals surface area contributed by atoms with Crippen LogP contribution in [0.4, 0.5) is 9.59 Å². The lowest BCUT2D eigenvalue weighted by Crippen LogP contribution is -2.59. The zero-order valence-electron chi connectivity index (χ0n) is 12.7. The van der Waals surface area contributed by atoms with Gasteiger partial charge in [0.1, 0.15) is 0 Å². The molecular formula is C16H22N4O2. The van der Waals surface area contributed by atoms with Crippen molar-refractivity contribution in [2.75, 3.05) is 19.6 Å². The van der Waals surface area contributed by atoms with Gasteiger partial charge in [-0.05, 0) is 0 Å². The third kappa shape index (κ3) is 2.03. The molecule has 0 aromatic carbocycles. The minimum atomic E-state index is -0.818. The van der Waals surface area contributed by atoms with Crippen LogP contribution in [0.15, 0.2) is 50.6 Å². The largest absolute Gasteiger partial charge is 0.324 e. The molecule has 118 valence electrons. The average molecular weight is 302 g/mol. The van der Waals surface area contributed by atoms with Crippen molar-refractivity contribution in [3.8, 4) is 0 Å². The minimum absolute atomic E-state index is 0.152. The second kappa shape index (κ2) is 6.09. The lowest BCUT2D eigenvalue weighted by Gasteiger charge is -2.41. The Morgan fingerprint density at radius 3 is 2.09 bits per heavy atom. The standard InChI is InChI=1S/C16H22N4O2/c1-5-9-16-13(17-14(21)19(16)11-7-3)18(10-6-2)15(22)20(16)12-8-4/h5-8,13H,1-4,9-12H2,(H,17,21). The maximum atomic E-state index is 12.8. The molecule has 2 aliphatic rings. The highest BCUT2D eigenvalue weighted by molar-refractivity contribution is 5.87. The molecule has 2 atom stereocenters. The van der Waals surface area contributed by atoms with Gasteiger partial charge < -0.3 is 5.32 Å². The molecule has 0 radical (unpaired) electrons. The summed E-state index contributed by atoms with van der Waals surface area (Å²) in [6.07, 6.45) is 6.69. The lowest BCUT2D eigenvalue weighted by atomic mass is 10.0. The quantitative estimate of drug-likeness (QED) is 0.696. The van der Waals surface area contributed by atoms with E-state index in [1.54, 1.807) is 39.0 Å². The molecule has 2 unspecified atom stereocenters. The monoisotopic (exact) mass is 302 g/mol. The average Bonchev–Trinajstić information content (AvgIpc) is 2.86. The number of hydrogen-bond donors (Lipinski definition) is 1. The fourth-order valence-corrected chi connectivity index (χ4v) is 3.29. The van der Waals surface area contributed by atoms with Crippen LogP contribution in [0, 0.1) is 0 Å². The molecule has 0 aliphatic carbocycles.